The first kappa shape index (κ1) is 10.7. The molecule has 0 spiro atoms. The second-order valence-electron chi connectivity index (χ2n) is 4.24. The number of hydrogen-bond acceptors (Lipinski definition) is 2. The Bertz CT molecular complexity index is 171. The summed E-state index contributed by atoms with van der Waals surface area (Å²) in [6.07, 6.45) is 2.62. The summed E-state index contributed by atoms with van der Waals surface area (Å²) in [5.74, 6) is 0.821. The van der Waals surface area contributed by atoms with Crippen molar-refractivity contribution in [2.75, 3.05) is 26.2 Å². The number of hydrogen-bond donors (Lipinski definition) is 0. The van der Waals surface area contributed by atoms with Gasteiger partial charge in [0, 0.05) is 18.8 Å². The Kier molecular flexibility index (Phi) is 4.43. The number of nitrogens with zero attached hydrogens (tertiary/aromatic N) is 2. The predicted octanol–water partition coefficient (Wildman–Crippen LogP) is 2.20. The van der Waals surface area contributed by atoms with Crippen LogP contribution in [0.1, 0.15) is 33.6 Å². The summed E-state index contributed by atoms with van der Waals surface area (Å²) in [5, 5.41) is 0. The van der Waals surface area contributed by atoms with Crippen LogP contribution in [0.2, 0.25) is 0 Å². The molecule has 76 valence electrons. The molecule has 13 heavy (non-hydrogen) atoms. The molecule has 1 heterocycles. The highest BCUT2D eigenvalue weighted by Crippen LogP contribution is 2.16. The van der Waals surface area contributed by atoms with Crippen molar-refractivity contribution >= 4 is 5.71 Å². The van der Waals surface area contributed by atoms with Gasteiger partial charge in [0.25, 0.3) is 0 Å². The Balaban J connectivity index is 2.21. The topological polar surface area (TPSA) is 15.6 Å². The molecule has 1 unspecified atom stereocenters. The third-order valence-electron chi connectivity index (χ3n) is 2.58. The first-order valence-corrected chi connectivity index (χ1v) is 5.42. The Morgan fingerprint density at radius 2 is 2.23 bits per heavy atom. The zero-order valence-electron chi connectivity index (χ0n) is 9.21. The number of likely N-dealkylation sites (tertiary alicyclic amines) is 1. The summed E-state index contributed by atoms with van der Waals surface area (Å²) in [6, 6.07) is 0. The fraction of sp³-hybridized carbons (Fsp3) is 0.909. The lowest BCUT2D eigenvalue weighted by Crippen LogP contribution is -2.22. The summed E-state index contributed by atoms with van der Waals surface area (Å²) in [5.41, 5.74) is 1.22. The molecule has 0 bridgehead atoms. The summed E-state index contributed by atoms with van der Waals surface area (Å²) < 4.78 is 0. The second-order valence-corrected chi connectivity index (χ2v) is 4.24. The van der Waals surface area contributed by atoms with E-state index in [2.05, 4.69) is 30.7 Å². The summed E-state index contributed by atoms with van der Waals surface area (Å²) >= 11 is 0. The predicted molar refractivity (Wildman–Crippen MR) is 58.5 cm³/mol. The molecule has 0 aromatic carbocycles. The molecule has 0 aromatic heterocycles. The zero-order chi connectivity index (χ0) is 9.68. The minimum absolute atomic E-state index is 0.821. The van der Waals surface area contributed by atoms with E-state index in [9.17, 15) is 0 Å². The minimum Gasteiger partial charge on any atom is -0.303 e. The fourth-order valence-electron chi connectivity index (χ4n) is 1.89. The molecule has 1 saturated heterocycles. The molecule has 2 heteroatoms. The van der Waals surface area contributed by atoms with Gasteiger partial charge in [0.2, 0.25) is 0 Å². The first-order chi connectivity index (χ1) is 6.22. The average Bonchev–Trinajstić information content (AvgIpc) is 2.50. The van der Waals surface area contributed by atoms with Crippen molar-refractivity contribution in [3.63, 3.8) is 0 Å². The van der Waals surface area contributed by atoms with E-state index in [4.69, 9.17) is 0 Å². The zero-order valence-corrected chi connectivity index (χ0v) is 9.21. The van der Waals surface area contributed by atoms with Gasteiger partial charge < -0.3 is 4.90 Å². The molecule has 0 N–H and O–H groups in total. The van der Waals surface area contributed by atoms with Crippen LogP contribution in [0.5, 0.6) is 0 Å². The van der Waals surface area contributed by atoms with Gasteiger partial charge in [-0.2, -0.15) is 0 Å². The SMILES string of the molecule is CCCN1CCC(CN=C(C)C)C1. The molecule has 0 radical (unpaired) electrons. The third-order valence-corrected chi connectivity index (χ3v) is 2.58. The van der Waals surface area contributed by atoms with Gasteiger partial charge in [-0.1, -0.05) is 6.92 Å². The van der Waals surface area contributed by atoms with E-state index in [0.717, 1.165) is 12.5 Å². The largest absolute Gasteiger partial charge is 0.303 e. The van der Waals surface area contributed by atoms with Crippen molar-refractivity contribution in [3.05, 3.63) is 0 Å². The van der Waals surface area contributed by atoms with Gasteiger partial charge in [0.05, 0.1) is 0 Å². The number of rotatable bonds is 4. The molecule has 1 rings (SSSR count). The van der Waals surface area contributed by atoms with Crippen molar-refractivity contribution in [3.8, 4) is 0 Å². The Morgan fingerprint density at radius 3 is 2.85 bits per heavy atom. The molecular formula is C11H22N2. The van der Waals surface area contributed by atoms with Crippen LogP contribution in [0.4, 0.5) is 0 Å². The average molecular weight is 182 g/mol. The van der Waals surface area contributed by atoms with Crippen LogP contribution in [-0.2, 0) is 0 Å². The molecule has 1 aliphatic rings. The maximum atomic E-state index is 4.49. The highest BCUT2D eigenvalue weighted by atomic mass is 15.1. The normalized spacial score (nSPS) is 23.5. The van der Waals surface area contributed by atoms with E-state index in [1.807, 2.05) is 0 Å². The second kappa shape index (κ2) is 5.38. The summed E-state index contributed by atoms with van der Waals surface area (Å²) in [7, 11) is 0. The highest BCUT2D eigenvalue weighted by molar-refractivity contribution is 5.79. The van der Waals surface area contributed by atoms with Crippen molar-refractivity contribution in [1.29, 1.82) is 0 Å². The highest BCUT2D eigenvalue weighted by Gasteiger charge is 2.20. The summed E-state index contributed by atoms with van der Waals surface area (Å²) in [4.78, 5) is 7.05. The molecule has 1 aliphatic heterocycles. The van der Waals surface area contributed by atoms with Crippen molar-refractivity contribution < 1.29 is 0 Å². The maximum absolute atomic E-state index is 4.49. The van der Waals surface area contributed by atoms with Crippen molar-refractivity contribution in [2.24, 2.45) is 10.9 Å². The van der Waals surface area contributed by atoms with E-state index in [-0.39, 0.29) is 0 Å². The molecule has 1 fully saturated rings. The van der Waals surface area contributed by atoms with Crippen molar-refractivity contribution in [1.82, 2.24) is 4.90 Å². The van der Waals surface area contributed by atoms with Crippen LogP contribution >= 0.6 is 0 Å². The van der Waals surface area contributed by atoms with Crippen LogP contribution in [0, 0.1) is 5.92 Å². The third kappa shape index (κ3) is 3.90. The smallest absolute Gasteiger partial charge is 0.0429 e. The van der Waals surface area contributed by atoms with E-state index in [0.29, 0.717) is 0 Å². The standard InChI is InChI=1S/C11H22N2/c1-4-6-13-7-5-11(9-13)8-12-10(2)3/h11H,4-9H2,1-3H3. The molecule has 2 nitrogen and oxygen atoms in total. The lowest BCUT2D eigenvalue weighted by Gasteiger charge is -2.13. The van der Waals surface area contributed by atoms with Gasteiger partial charge in [-0.05, 0) is 45.7 Å². The van der Waals surface area contributed by atoms with Crippen LogP contribution < -0.4 is 0 Å². The molecule has 0 aromatic rings. The Labute approximate surface area is 82.0 Å². The van der Waals surface area contributed by atoms with Gasteiger partial charge in [-0.25, -0.2) is 0 Å². The van der Waals surface area contributed by atoms with Gasteiger partial charge in [0.15, 0.2) is 0 Å². The van der Waals surface area contributed by atoms with Crippen LogP contribution in [-0.4, -0.2) is 36.8 Å². The van der Waals surface area contributed by atoms with E-state index < -0.39 is 0 Å². The van der Waals surface area contributed by atoms with Gasteiger partial charge in [-0.3, -0.25) is 4.99 Å². The fourth-order valence-corrected chi connectivity index (χ4v) is 1.89. The molecule has 0 amide bonds. The van der Waals surface area contributed by atoms with Gasteiger partial charge in [0.1, 0.15) is 0 Å². The van der Waals surface area contributed by atoms with Crippen LogP contribution in [0.25, 0.3) is 0 Å². The lowest BCUT2D eigenvalue weighted by atomic mass is 10.1. The Morgan fingerprint density at radius 1 is 1.46 bits per heavy atom. The van der Waals surface area contributed by atoms with Crippen LogP contribution in [0.3, 0.4) is 0 Å². The van der Waals surface area contributed by atoms with Crippen molar-refractivity contribution in [2.45, 2.75) is 33.6 Å². The number of aliphatic imine (C=N–C) groups is 1. The summed E-state index contributed by atoms with van der Waals surface area (Å²) in [6.45, 7) is 11.3. The van der Waals surface area contributed by atoms with E-state index >= 15 is 0 Å². The van der Waals surface area contributed by atoms with E-state index in [1.54, 1.807) is 0 Å². The molecule has 1 atom stereocenters. The first-order valence-electron chi connectivity index (χ1n) is 5.42. The van der Waals surface area contributed by atoms with Crippen LogP contribution in [0.15, 0.2) is 4.99 Å². The molecule has 0 saturated carbocycles. The molecule has 0 aliphatic carbocycles. The lowest BCUT2D eigenvalue weighted by molar-refractivity contribution is 0.326. The maximum Gasteiger partial charge on any atom is 0.0429 e. The van der Waals surface area contributed by atoms with Gasteiger partial charge in [-0.15, -0.1) is 0 Å². The molecular weight excluding hydrogens is 160 g/mol. The monoisotopic (exact) mass is 182 g/mol. The minimum atomic E-state index is 0.821. The van der Waals surface area contributed by atoms with Gasteiger partial charge >= 0.3 is 0 Å². The van der Waals surface area contributed by atoms with E-state index in [1.165, 1.54) is 38.2 Å². The quantitative estimate of drug-likeness (QED) is 0.609. The Hall–Kier alpha value is -0.370.